The smallest absolute Gasteiger partial charge is 0.122 e. The number of hydrogen-bond acceptors (Lipinski definition) is 2. The van der Waals surface area contributed by atoms with Crippen molar-refractivity contribution in [1.82, 2.24) is 0 Å². The highest BCUT2D eigenvalue weighted by Gasteiger charge is 1.97. The fourth-order valence-electron chi connectivity index (χ4n) is 1.57. The maximum absolute atomic E-state index is 5.16. The van der Waals surface area contributed by atoms with E-state index in [9.17, 15) is 0 Å². The third kappa shape index (κ3) is 2.40. The van der Waals surface area contributed by atoms with Crippen molar-refractivity contribution in [2.24, 2.45) is 5.16 Å². The molecule has 0 aliphatic heterocycles. The lowest BCUT2D eigenvalue weighted by atomic mass is 10.1. The molecule has 2 rings (SSSR count). The van der Waals surface area contributed by atoms with Crippen molar-refractivity contribution in [3.8, 4) is 0 Å². The molecule has 0 fully saturated rings. The molecule has 0 aliphatic rings. The Kier molecular flexibility index (Phi) is 3.20. The first-order valence-corrected chi connectivity index (χ1v) is 5.44. The highest BCUT2D eigenvalue weighted by Crippen LogP contribution is 2.16. The van der Waals surface area contributed by atoms with Gasteiger partial charge in [-0.05, 0) is 24.6 Å². The molecule has 2 aromatic rings. The molecule has 0 heterocycles. The van der Waals surface area contributed by atoms with Crippen LogP contribution < -0.4 is 0 Å². The second-order valence-electron chi connectivity index (χ2n) is 3.96. The van der Waals surface area contributed by atoms with E-state index in [1.807, 2.05) is 38.1 Å². The van der Waals surface area contributed by atoms with Gasteiger partial charge < -0.3 is 4.84 Å². The van der Waals surface area contributed by atoms with E-state index < -0.39 is 0 Å². The van der Waals surface area contributed by atoms with Crippen molar-refractivity contribution < 1.29 is 4.84 Å². The molecule has 0 saturated carbocycles. The summed E-state index contributed by atoms with van der Waals surface area (Å²) < 4.78 is 0. The highest BCUT2D eigenvalue weighted by molar-refractivity contribution is 5.99. The Labute approximate surface area is 95.5 Å². The van der Waals surface area contributed by atoms with Gasteiger partial charge in [-0.1, -0.05) is 47.6 Å². The first-order chi connectivity index (χ1) is 7.77. The number of oxime groups is 1. The zero-order valence-electron chi connectivity index (χ0n) is 9.55. The average Bonchev–Trinajstić information content (AvgIpc) is 2.29. The van der Waals surface area contributed by atoms with Gasteiger partial charge >= 0.3 is 0 Å². The average molecular weight is 213 g/mol. The predicted octanol–water partition coefficient (Wildman–Crippen LogP) is 3.60. The fraction of sp³-hybridized carbons (Fsp3) is 0.214. The summed E-state index contributed by atoms with van der Waals surface area (Å²) >= 11 is 0. The van der Waals surface area contributed by atoms with Crippen LogP contribution in [0, 0.1) is 0 Å². The zero-order chi connectivity index (χ0) is 11.4. The lowest BCUT2D eigenvalue weighted by molar-refractivity contribution is 0.0874. The van der Waals surface area contributed by atoms with Crippen molar-refractivity contribution in [3.05, 3.63) is 48.0 Å². The van der Waals surface area contributed by atoms with E-state index in [2.05, 4.69) is 23.4 Å². The van der Waals surface area contributed by atoms with Gasteiger partial charge in [0.05, 0.1) is 6.21 Å². The van der Waals surface area contributed by atoms with E-state index in [1.54, 1.807) is 6.21 Å². The van der Waals surface area contributed by atoms with Gasteiger partial charge in [0.15, 0.2) is 0 Å². The molecule has 0 bridgehead atoms. The highest BCUT2D eigenvalue weighted by atomic mass is 16.6. The third-order valence-electron chi connectivity index (χ3n) is 2.29. The summed E-state index contributed by atoms with van der Waals surface area (Å²) in [5, 5.41) is 6.38. The molecule has 2 aromatic carbocycles. The molecule has 0 radical (unpaired) electrons. The number of fused-ring (bicyclic) bond motifs is 1. The van der Waals surface area contributed by atoms with E-state index in [0.717, 1.165) is 5.56 Å². The predicted molar refractivity (Wildman–Crippen MR) is 67.8 cm³/mol. The van der Waals surface area contributed by atoms with Crippen LogP contribution in [0.4, 0.5) is 0 Å². The largest absolute Gasteiger partial charge is 0.393 e. The number of rotatable bonds is 3. The van der Waals surface area contributed by atoms with Gasteiger partial charge in [-0.3, -0.25) is 0 Å². The summed E-state index contributed by atoms with van der Waals surface area (Å²) in [5.74, 6) is 0. The normalized spacial score (nSPS) is 11.4. The monoisotopic (exact) mass is 213 g/mol. The topological polar surface area (TPSA) is 21.6 Å². The quantitative estimate of drug-likeness (QED) is 0.564. The lowest BCUT2D eigenvalue weighted by Crippen LogP contribution is -1.96. The number of benzene rings is 2. The zero-order valence-corrected chi connectivity index (χ0v) is 9.55. The molecule has 0 unspecified atom stereocenters. The van der Waals surface area contributed by atoms with E-state index in [-0.39, 0.29) is 6.10 Å². The van der Waals surface area contributed by atoms with Crippen molar-refractivity contribution >= 4 is 17.0 Å². The second kappa shape index (κ2) is 4.79. The second-order valence-corrected chi connectivity index (χ2v) is 3.96. The summed E-state index contributed by atoms with van der Waals surface area (Å²) in [4.78, 5) is 5.16. The summed E-state index contributed by atoms with van der Waals surface area (Å²) in [6.07, 6.45) is 1.88. The summed E-state index contributed by atoms with van der Waals surface area (Å²) in [5.41, 5.74) is 1.08. The van der Waals surface area contributed by atoms with Gasteiger partial charge in [0.2, 0.25) is 0 Å². The van der Waals surface area contributed by atoms with Crippen molar-refractivity contribution in [1.29, 1.82) is 0 Å². The summed E-state index contributed by atoms with van der Waals surface area (Å²) in [6, 6.07) is 14.4. The first kappa shape index (κ1) is 10.7. The molecule has 0 saturated heterocycles. The summed E-state index contributed by atoms with van der Waals surface area (Å²) in [7, 11) is 0. The van der Waals surface area contributed by atoms with E-state index in [4.69, 9.17) is 4.84 Å². The van der Waals surface area contributed by atoms with Crippen LogP contribution in [0.15, 0.2) is 47.6 Å². The Morgan fingerprint density at radius 2 is 1.81 bits per heavy atom. The lowest BCUT2D eigenvalue weighted by Gasteiger charge is -2.03. The Balaban J connectivity index is 2.34. The van der Waals surface area contributed by atoms with E-state index in [1.165, 1.54) is 10.8 Å². The molecule has 0 N–H and O–H groups in total. The molecule has 0 spiro atoms. The SMILES string of the molecule is CC(C)O/N=C/c1cccc2ccccc12. The minimum Gasteiger partial charge on any atom is -0.393 e. The third-order valence-corrected chi connectivity index (χ3v) is 2.29. The van der Waals surface area contributed by atoms with Crippen LogP contribution in [-0.4, -0.2) is 12.3 Å². The van der Waals surface area contributed by atoms with Gasteiger partial charge in [-0.15, -0.1) is 0 Å². The molecule has 2 heteroatoms. The number of hydrogen-bond donors (Lipinski definition) is 0. The number of nitrogens with zero attached hydrogens (tertiary/aromatic N) is 1. The Bertz CT molecular complexity index is 498. The van der Waals surface area contributed by atoms with Crippen LogP contribution in [0.3, 0.4) is 0 Å². The standard InChI is InChI=1S/C14H15NO/c1-11(2)16-15-10-13-8-5-7-12-6-3-4-9-14(12)13/h3-11H,1-2H3/b15-10+. The molecular formula is C14H15NO. The molecule has 0 aliphatic carbocycles. The molecular weight excluding hydrogens is 198 g/mol. The van der Waals surface area contributed by atoms with Gasteiger partial charge in [-0.2, -0.15) is 0 Å². The van der Waals surface area contributed by atoms with Crippen molar-refractivity contribution in [2.45, 2.75) is 20.0 Å². The minimum absolute atomic E-state index is 0.117. The Morgan fingerprint density at radius 1 is 1.06 bits per heavy atom. The maximum atomic E-state index is 5.16. The van der Waals surface area contributed by atoms with Crippen LogP contribution in [0.1, 0.15) is 19.4 Å². The maximum Gasteiger partial charge on any atom is 0.122 e. The van der Waals surface area contributed by atoms with E-state index in [0.29, 0.717) is 0 Å². The Morgan fingerprint density at radius 3 is 2.62 bits per heavy atom. The molecule has 16 heavy (non-hydrogen) atoms. The minimum atomic E-state index is 0.117. The van der Waals surface area contributed by atoms with Crippen LogP contribution in [0.2, 0.25) is 0 Å². The first-order valence-electron chi connectivity index (χ1n) is 5.44. The Hall–Kier alpha value is -1.83. The molecule has 0 aromatic heterocycles. The fourth-order valence-corrected chi connectivity index (χ4v) is 1.57. The van der Waals surface area contributed by atoms with Crippen LogP contribution in [0.5, 0.6) is 0 Å². The van der Waals surface area contributed by atoms with Crippen LogP contribution in [0.25, 0.3) is 10.8 Å². The van der Waals surface area contributed by atoms with Gasteiger partial charge in [0, 0.05) is 5.56 Å². The van der Waals surface area contributed by atoms with Gasteiger partial charge in [0.1, 0.15) is 6.10 Å². The molecule has 0 amide bonds. The van der Waals surface area contributed by atoms with Crippen molar-refractivity contribution in [2.75, 3.05) is 0 Å². The van der Waals surface area contributed by atoms with Crippen molar-refractivity contribution in [3.63, 3.8) is 0 Å². The summed E-state index contributed by atoms with van der Waals surface area (Å²) in [6.45, 7) is 3.92. The van der Waals surface area contributed by atoms with E-state index >= 15 is 0 Å². The van der Waals surface area contributed by atoms with Gasteiger partial charge in [-0.25, -0.2) is 0 Å². The van der Waals surface area contributed by atoms with Gasteiger partial charge in [0.25, 0.3) is 0 Å². The molecule has 2 nitrogen and oxygen atoms in total. The molecule has 0 atom stereocenters. The van der Waals surface area contributed by atoms with Crippen LogP contribution in [-0.2, 0) is 4.84 Å². The van der Waals surface area contributed by atoms with Crippen LogP contribution >= 0.6 is 0 Å². The molecule has 82 valence electrons.